The predicted octanol–water partition coefficient (Wildman–Crippen LogP) is 3.42. The molecule has 4 rings (SSSR count). The molecule has 1 aromatic heterocycles. The molecule has 2 aliphatic rings. The maximum Gasteiger partial charge on any atom is 0.247 e. The van der Waals surface area contributed by atoms with Gasteiger partial charge in [-0.25, -0.2) is 0 Å². The molecule has 34 heavy (non-hydrogen) atoms. The molecule has 2 saturated heterocycles. The number of nitrogens with one attached hydrogen (secondary N) is 2. The summed E-state index contributed by atoms with van der Waals surface area (Å²) >= 11 is 0. The van der Waals surface area contributed by atoms with Crippen molar-refractivity contribution in [3.05, 3.63) is 59.9 Å². The number of aromatic nitrogens is 1. The van der Waals surface area contributed by atoms with Crippen molar-refractivity contribution in [1.29, 1.82) is 0 Å². The highest BCUT2D eigenvalue weighted by Gasteiger charge is 2.30. The van der Waals surface area contributed by atoms with Crippen LogP contribution in [0, 0.1) is 5.92 Å². The molecule has 0 saturated carbocycles. The summed E-state index contributed by atoms with van der Waals surface area (Å²) < 4.78 is 11.5. The molecule has 7 heteroatoms. The fourth-order valence-electron chi connectivity index (χ4n) is 4.40. The first-order chi connectivity index (χ1) is 16.4. The van der Waals surface area contributed by atoms with Crippen LogP contribution >= 0.6 is 0 Å². The highest BCUT2D eigenvalue weighted by Crippen LogP contribution is 2.30. The van der Waals surface area contributed by atoms with Gasteiger partial charge in [0.25, 0.3) is 0 Å². The van der Waals surface area contributed by atoms with Crippen LogP contribution in [-0.2, 0) is 19.7 Å². The third-order valence-electron chi connectivity index (χ3n) is 6.61. The smallest absolute Gasteiger partial charge is 0.247 e. The molecule has 1 unspecified atom stereocenters. The Morgan fingerprint density at radius 2 is 2.06 bits per heavy atom. The van der Waals surface area contributed by atoms with Crippen molar-refractivity contribution in [2.45, 2.75) is 51.1 Å². The second kappa shape index (κ2) is 11.3. The summed E-state index contributed by atoms with van der Waals surface area (Å²) in [5.74, 6) is 0.324. The summed E-state index contributed by atoms with van der Waals surface area (Å²) in [4.78, 5) is 19.9. The lowest BCUT2D eigenvalue weighted by atomic mass is 9.87. The molecular weight excluding hydrogens is 428 g/mol. The van der Waals surface area contributed by atoms with E-state index in [-0.39, 0.29) is 11.3 Å². The molecule has 2 N–H and O–H groups in total. The van der Waals surface area contributed by atoms with Gasteiger partial charge in [0.1, 0.15) is 12.8 Å². The van der Waals surface area contributed by atoms with E-state index in [2.05, 4.69) is 60.7 Å². The standard InChI is InChI=1S/C27H38N4O3/c1-27(2,3)22-8-10-24(11-9-22)31(19-34-18-23-7-5-13-29-23)25(21-6-4-12-28-15-21)26(32)30-14-20-16-33-17-20/h4,6,8-12,15,20,23,25,29H,5,7,13-14,16-19H2,1-3H3,(H,30,32)/t23-,25?/m1/s1. The first kappa shape index (κ1) is 24.6. The lowest BCUT2D eigenvalue weighted by molar-refractivity contribution is -0.124. The van der Waals surface area contributed by atoms with Crippen molar-refractivity contribution in [3.63, 3.8) is 0 Å². The zero-order valence-corrected chi connectivity index (χ0v) is 20.6. The molecule has 0 spiro atoms. The highest BCUT2D eigenvalue weighted by atomic mass is 16.5. The van der Waals surface area contributed by atoms with E-state index in [1.807, 2.05) is 17.0 Å². The van der Waals surface area contributed by atoms with Crippen LogP contribution in [-0.4, -0.2) is 56.6 Å². The van der Waals surface area contributed by atoms with Gasteiger partial charge in [0.2, 0.25) is 5.91 Å². The van der Waals surface area contributed by atoms with Gasteiger partial charge in [-0.15, -0.1) is 0 Å². The Morgan fingerprint density at radius 1 is 1.26 bits per heavy atom. The van der Waals surface area contributed by atoms with Crippen LogP contribution in [0.5, 0.6) is 0 Å². The topological polar surface area (TPSA) is 75.7 Å². The Kier molecular flexibility index (Phi) is 8.19. The molecular formula is C27H38N4O3. The van der Waals surface area contributed by atoms with Crippen molar-refractivity contribution < 1.29 is 14.3 Å². The molecule has 0 aliphatic carbocycles. The Hall–Kier alpha value is -2.48. The number of ether oxygens (including phenoxy) is 2. The van der Waals surface area contributed by atoms with Crippen molar-refractivity contribution >= 4 is 11.6 Å². The Balaban J connectivity index is 1.59. The number of hydrogen-bond donors (Lipinski definition) is 2. The maximum absolute atomic E-state index is 13.6. The summed E-state index contributed by atoms with van der Waals surface area (Å²) in [6, 6.07) is 12.1. The van der Waals surface area contributed by atoms with Crippen LogP contribution in [0.2, 0.25) is 0 Å². The summed E-state index contributed by atoms with van der Waals surface area (Å²) in [7, 11) is 0. The highest BCUT2D eigenvalue weighted by molar-refractivity contribution is 5.86. The fraction of sp³-hybridized carbons (Fsp3) is 0.556. The van der Waals surface area contributed by atoms with Crippen LogP contribution in [0.4, 0.5) is 5.69 Å². The summed E-state index contributed by atoms with van der Waals surface area (Å²) in [5.41, 5.74) is 3.09. The third kappa shape index (κ3) is 6.34. The quantitative estimate of drug-likeness (QED) is 0.523. The third-order valence-corrected chi connectivity index (χ3v) is 6.61. The number of pyridine rings is 1. The van der Waals surface area contributed by atoms with E-state index in [0.717, 1.165) is 24.2 Å². The second-order valence-corrected chi connectivity index (χ2v) is 10.4. The van der Waals surface area contributed by atoms with Gasteiger partial charge >= 0.3 is 0 Å². The van der Waals surface area contributed by atoms with Crippen LogP contribution in [0.1, 0.15) is 50.8 Å². The first-order valence-electron chi connectivity index (χ1n) is 12.4. The van der Waals surface area contributed by atoms with E-state index >= 15 is 0 Å². The number of hydrogen-bond acceptors (Lipinski definition) is 6. The molecule has 7 nitrogen and oxygen atoms in total. The Labute approximate surface area is 203 Å². The van der Waals surface area contributed by atoms with Gasteiger partial charge in [-0.3, -0.25) is 9.78 Å². The lowest BCUT2D eigenvalue weighted by Gasteiger charge is -2.34. The van der Waals surface area contributed by atoms with Gasteiger partial charge in [-0.2, -0.15) is 0 Å². The number of carbonyl (C=O) groups excluding carboxylic acids is 1. The Bertz CT molecular complexity index is 904. The van der Waals surface area contributed by atoms with Crippen LogP contribution in [0.3, 0.4) is 0 Å². The van der Waals surface area contributed by atoms with Gasteiger partial charge in [0.15, 0.2) is 0 Å². The molecule has 3 heterocycles. The lowest BCUT2D eigenvalue weighted by Crippen LogP contribution is -2.46. The van der Waals surface area contributed by atoms with Gasteiger partial charge < -0.3 is 25.0 Å². The number of amides is 1. The van der Waals surface area contributed by atoms with E-state index < -0.39 is 6.04 Å². The van der Waals surface area contributed by atoms with Crippen molar-refractivity contribution in [3.8, 4) is 0 Å². The molecule has 2 aliphatic heterocycles. The SMILES string of the molecule is CC(C)(C)c1ccc(N(COC[C@H]2CCCN2)C(C(=O)NCC2COC2)c2cccnc2)cc1. The average molecular weight is 467 g/mol. The second-order valence-electron chi connectivity index (χ2n) is 10.4. The molecule has 1 aromatic carbocycles. The van der Waals surface area contributed by atoms with Crippen LogP contribution in [0.25, 0.3) is 0 Å². The normalized spacial score (nSPS) is 19.4. The molecule has 2 fully saturated rings. The monoisotopic (exact) mass is 466 g/mol. The molecule has 0 bridgehead atoms. The molecule has 1 amide bonds. The van der Waals surface area contributed by atoms with Crippen molar-refractivity contribution in [2.24, 2.45) is 5.92 Å². The minimum absolute atomic E-state index is 0.0533. The van der Waals surface area contributed by atoms with E-state index in [4.69, 9.17) is 9.47 Å². The van der Waals surface area contributed by atoms with Crippen LogP contribution < -0.4 is 15.5 Å². The number of benzene rings is 1. The first-order valence-corrected chi connectivity index (χ1v) is 12.4. The zero-order chi connectivity index (χ0) is 24.0. The van der Waals surface area contributed by atoms with Gasteiger partial charge in [-0.05, 0) is 48.6 Å². The zero-order valence-electron chi connectivity index (χ0n) is 20.6. The van der Waals surface area contributed by atoms with E-state index in [1.165, 1.54) is 12.0 Å². The number of rotatable bonds is 10. The summed E-state index contributed by atoms with van der Waals surface area (Å²) in [6.07, 6.45) is 5.80. The maximum atomic E-state index is 13.6. The van der Waals surface area contributed by atoms with Gasteiger partial charge in [0.05, 0.1) is 19.8 Å². The molecule has 184 valence electrons. The molecule has 0 radical (unpaired) electrons. The van der Waals surface area contributed by atoms with E-state index in [9.17, 15) is 4.79 Å². The number of nitrogens with zero attached hydrogens (tertiary/aromatic N) is 2. The summed E-state index contributed by atoms with van der Waals surface area (Å²) in [6.45, 7) is 10.6. The summed E-state index contributed by atoms with van der Waals surface area (Å²) in [5, 5.41) is 6.62. The number of anilines is 1. The average Bonchev–Trinajstić information content (AvgIpc) is 3.31. The minimum atomic E-state index is -0.549. The number of carbonyl (C=O) groups is 1. The van der Waals surface area contributed by atoms with Crippen molar-refractivity contribution in [1.82, 2.24) is 15.6 Å². The largest absolute Gasteiger partial charge is 0.381 e. The predicted molar refractivity (Wildman–Crippen MR) is 134 cm³/mol. The van der Waals surface area contributed by atoms with Crippen LogP contribution in [0.15, 0.2) is 48.8 Å². The van der Waals surface area contributed by atoms with Gasteiger partial charge in [-0.1, -0.05) is 39.0 Å². The van der Waals surface area contributed by atoms with E-state index in [0.29, 0.717) is 45.1 Å². The fourth-order valence-corrected chi connectivity index (χ4v) is 4.40. The minimum Gasteiger partial charge on any atom is -0.381 e. The van der Waals surface area contributed by atoms with E-state index in [1.54, 1.807) is 12.4 Å². The molecule has 2 aromatic rings. The van der Waals surface area contributed by atoms with Crippen molar-refractivity contribution in [2.75, 3.05) is 44.5 Å². The Morgan fingerprint density at radius 3 is 2.65 bits per heavy atom. The van der Waals surface area contributed by atoms with Gasteiger partial charge in [0, 0.05) is 42.1 Å². The molecule has 2 atom stereocenters.